The van der Waals surface area contributed by atoms with E-state index in [1.807, 2.05) is 6.08 Å². The van der Waals surface area contributed by atoms with Gasteiger partial charge in [-0.1, -0.05) is 13.0 Å². The lowest BCUT2D eigenvalue weighted by Crippen LogP contribution is -2.28. The summed E-state index contributed by atoms with van der Waals surface area (Å²) >= 11 is 0. The van der Waals surface area contributed by atoms with Crippen molar-refractivity contribution >= 4 is 0 Å². The van der Waals surface area contributed by atoms with Crippen LogP contribution >= 0.6 is 0 Å². The van der Waals surface area contributed by atoms with E-state index in [4.69, 9.17) is 4.74 Å². The average Bonchev–Trinajstić information content (AvgIpc) is 2.06. The summed E-state index contributed by atoms with van der Waals surface area (Å²) in [5.41, 5.74) is 0. The van der Waals surface area contributed by atoms with Gasteiger partial charge in [0.2, 0.25) is 0 Å². The molecule has 72 valence electrons. The minimum Gasteiger partial charge on any atom is -0.385 e. The monoisotopic (exact) mass is 171 g/mol. The second-order valence-corrected chi connectivity index (χ2v) is 2.91. The van der Waals surface area contributed by atoms with E-state index in [-0.39, 0.29) is 0 Å². The van der Waals surface area contributed by atoms with Crippen LogP contribution < -0.4 is 5.32 Å². The van der Waals surface area contributed by atoms with E-state index in [1.165, 1.54) is 6.42 Å². The summed E-state index contributed by atoms with van der Waals surface area (Å²) in [7, 11) is 1.75. The van der Waals surface area contributed by atoms with Crippen molar-refractivity contribution in [1.29, 1.82) is 0 Å². The van der Waals surface area contributed by atoms with Crippen LogP contribution in [0.1, 0.15) is 26.2 Å². The molecule has 0 bridgehead atoms. The van der Waals surface area contributed by atoms with Crippen molar-refractivity contribution in [2.45, 2.75) is 32.2 Å². The summed E-state index contributed by atoms with van der Waals surface area (Å²) in [5.74, 6) is 0. The van der Waals surface area contributed by atoms with Gasteiger partial charge in [-0.2, -0.15) is 0 Å². The second-order valence-electron chi connectivity index (χ2n) is 2.91. The van der Waals surface area contributed by atoms with E-state index in [9.17, 15) is 0 Å². The van der Waals surface area contributed by atoms with Gasteiger partial charge in [0.25, 0.3) is 0 Å². The first-order chi connectivity index (χ1) is 5.85. The lowest BCUT2D eigenvalue weighted by Gasteiger charge is -2.15. The van der Waals surface area contributed by atoms with Crippen LogP contribution in [0.25, 0.3) is 0 Å². The van der Waals surface area contributed by atoms with Gasteiger partial charge in [-0.3, -0.25) is 0 Å². The lowest BCUT2D eigenvalue weighted by molar-refractivity contribution is 0.189. The molecule has 1 N–H and O–H groups in total. The van der Waals surface area contributed by atoms with Gasteiger partial charge in [0.1, 0.15) is 0 Å². The van der Waals surface area contributed by atoms with E-state index in [2.05, 4.69) is 18.8 Å². The fraction of sp³-hybridized carbons (Fsp3) is 0.800. The molecule has 0 aliphatic rings. The number of ether oxygens (including phenoxy) is 1. The Morgan fingerprint density at radius 3 is 2.83 bits per heavy atom. The summed E-state index contributed by atoms with van der Waals surface area (Å²) in [4.78, 5) is 0. The Bertz CT molecular complexity index is 104. The predicted octanol–water partition coefficient (Wildman–Crippen LogP) is 1.97. The summed E-state index contributed by atoms with van der Waals surface area (Å²) < 4.78 is 4.99. The number of rotatable bonds is 8. The predicted molar refractivity (Wildman–Crippen MR) is 53.4 cm³/mol. The normalized spacial score (nSPS) is 12.8. The van der Waals surface area contributed by atoms with Crippen molar-refractivity contribution in [1.82, 2.24) is 5.32 Å². The van der Waals surface area contributed by atoms with E-state index in [1.54, 1.807) is 7.11 Å². The zero-order valence-corrected chi connectivity index (χ0v) is 8.31. The molecule has 0 radical (unpaired) electrons. The van der Waals surface area contributed by atoms with Crippen molar-refractivity contribution in [3.8, 4) is 0 Å². The summed E-state index contributed by atoms with van der Waals surface area (Å²) in [6.07, 6.45) is 5.33. The molecule has 0 aromatic heterocycles. The molecule has 1 unspecified atom stereocenters. The molecule has 0 heterocycles. The summed E-state index contributed by atoms with van der Waals surface area (Å²) in [6.45, 7) is 7.76. The number of hydrogen-bond acceptors (Lipinski definition) is 2. The lowest BCUT2D eigenvalue weighted by atomic mass is 10.1. The molecule has 0 fully saturated rings. The quantitative estimate of drug-likeness (QED) is 0.445. The maximum Gasteiger partial charge on any atom is 0.0462 e. The van der Waals surface area contributed by atoms with Gasteiger partial charge >= 0.3 is 0 Å². The largest absolute Gasteiger partial charge is 0.385 e. The van der Waals surface area contributed by atoms with E-state index in [0.717, 1.165) is 26.0 Å². The van der Waals surface area contributed by atoms with E-state index >= 15 is 0 Å². The van der Waals surface area contributed by atoms with Gasteiger partial charge in [0.05, 0.1) is 0 Å². The topological polar surface area (TPSA) is 21.3 Å². The minimum absolute atomic E-state index is 0.586. The fourth-order valence-corrected chi connectivity index (χ4v) is 1.27. The Labute approximate surface area is 76.0 Å². The Morgan fingerprint density at radius 2 is 2.33 bits per heavy atom. The first-order valence-corrected chi connectivity index (χ1v) is 4.68. The van der Waals surface area contributed by atoms with Crippen LogP contribution in [0, 0.1) is 0 Å². The highest BCUT2D eigenvalue weighted by Gasteiger charge is 2.03. The third-order valence-electron chi connectivity index (χ3n) is 1.85. The Kier molecular flexibility index (Phi) is 8.51. The van der Waals surface area contributed by atoms with Crippen molar-refractivity contribution < 1.29 is 4.74 Å². The van der Waals surface area contributed by atoms with Gasteiger partial charge in [-0.25, -0.2) is 0 Å². The minimum atomic E-state index is 0.586. The standard InChI is InChI=1S/C10H21NO/c1-4-7-10(11-5-2)8-6-9-12-3/h4,10-11H,1,5-9H2,2-3H3. The SMILES string of the molecule is C=CCC(CCCOC)NCC. The van der Waals surface area contributed by atoms with Gasteiger partial charge < -0.3 is 10.1 Å². The van der Waals surface area contributed by atoms with Crippen LogP contribution in [0.5, 0.6) is 0 Å². The maximum absolute atomic E-state index is 4.99. The highest BCUT2D eigenvalue weighted by molar-refractivity contribution is 4.77. The molecule has 0 saturated heterocycles. The molecule has 2 nitrogen and oxygen atoms in total. The van der Waals surface area contributed by atoms with Crippen LogP contribution in [0.2, 0.25) is 0 Å². The molecule has 0 spiro atoms. The molecule has 0 saturated carbocycles. The third kappa shape index (κ3) is 6.38. The van der Waals surface area contributed by atoms with E-state index in [0.29, 0.717) is 6.04 Å². The number of methoxy groups -OCH3 is 1. The zero-order chi connectivity index (χ0) is 9.23. The Hall–Kier alpha value is -0.340. The Balaban J connectivity index is 3.40. The second kappa shape index (κ2) is 8.75. The highest BCUT2D eigenvalue weighted by atomic mass is 16.5. The van der Waals surface area contributed by atoms with Crippen molar-refractivity contribution in [3.63, 3.8) is 0 Å². The zero-order valence-electron chi connectivity index (χ0n) is 8.31. The van der Waals surface area contributed by atoms with Gasteiger partial charge in [0.15, 0.2) is 0 Å². The molecule has 0 aromatic rings. The van der Waals surface area contributed by atoms with Crippen LogP contribution in [-0.4, -0.2) is 26.3 Å². The van der Waals surface area contributed by atoms with Crippen molar-refractivity contribution in [3.05, 3.63) is 12.7 Å². The number of nitrogens with one attached hydrogen (secondary N) is 1. The van der Waals surface area contributed by atoms with Crippen molar-refractivity contribution in [2.24, 2.45) is 0 Å². The Morgan fingerprint density at radius 1 is 1.58 bits per heavy atom. The summed E-state index contributed by atoms with van der Waals surface area (Å²) in [5, 5.41) is 3.42. The average molecular weight is 171 g/mol. The van der Waals surface area contributed by atoms with Crippen LogP contribution in [0.3, 0.4) is 0 Å². The van der Waals surface area contributed by atoms with Crippen LogP contribution in [-0.2, 0) is 4.74 Å². The molecule has 0 rings (SSSR count). The third-order valence-corrected chi connectivity index (χ3v) is 1.85. The van der Waals surface area contributed by atoms with Gasteiger partial charge in [-0.15, -0.1) is 6.58 Å². The molecular weight excluding hydrogens is 150 g/mol. The smallest absolute Gasteiger partial charge is 0.0462 e. The molecule has 12 heavy (non-hydrogen) atoms. The van der Waals surface area contributed by atoms with Gasteiger partial charge in [-0.05, 0) is 25.8 Å². The molecular formula is C10H21NO. The van der Waals surface area contributed by atoms with Crippen molar-refractivity contribution in [2.75, 3.05) is 20.3 Å². The molecule has 2 heteroatoms. The molecule has 0 aliphatic carbocycles. The molecule has 0 aliphatic heterocycles. The van der Waals surface area contributed by atoms with Gasteiger partial charge in [0, 0.05) is 19.8 Å². The first-order valence-electron chi connectivity index (χ1n) is 4.68. The van der Waals surface area contributed by atoms with E-state index < -0.39 is 0 Å². The van der Waals surface area contributed by atoms with Crippen LogP contribution in [0.4, 0.5) is 0 Å². The fourth-order valence-electron chi connectivity index (χ4n) is 1.27. The molecule has 0 aromatic carbocycles. The highest BCUT2D eigenvalue weighted by Crippen LogP contribution is 2.02. The number of hydrogen-bond donors (Lipinski definition) is 1. The summed E-state index contributed by atoms with van der Waals surface area (Å²) in [6, 6.07) is 0.586. The maximum atomic E-state index is 4.99. The van der Waals surface area contributed by atoms with Crippen LogP contribution in [0.15, 0.2) is 12.7 Å². The molecule has 1 atom stereocenters. The molecule has 0 amide bonds. The first kappa shape index (κ1) is 11.7.